The maximum Gasteiger partial charge on any atom is 0.178 e. The molecule has 0 aliphatic heterocycles. The van der Waals surface area contributed by atoms with E-state index in [0.717, 1.165) is 31.7 Å². The van der Waals surface area contributed by atoms with E-state index in [4.69, 9.17) is 0 Å². The van der Waals surface area contributed by atoms with E-state index in [-0.39, 0.29) is 22.1 Å². The van der Waals surface area contributed by atoms with Crippen LogP contribution in [0.5, 0.6) is 0 Å². The van der Waals surface area contributed by atoms with Crippen molar-refractivity contribution in [2.24, 2.45) is 11.8 Å². The van der Waals surface area contributed by atoms with Crippen LogP contribution in [0.25, 0.3) is 11.1 Å². The van der Waals surface area contributed by atoms with E-state index in [9.17, 15) is 17.2 Å². The molecule has 1 aliphatic carbocycles. The van der Waals surface area contributed by atoms with E-state index in [0.29, 0.717) is 11.5 Å². The van der Waals surface area contributed by atoms with E-state index in [1.807, 2.05) is 0 Å². The van der Waals surface area contributed by atoms with Gasteiger partial charge in [-0.3, -0.25) is 0 Å². The van der Waals surface area contributed by atoms with Crippen molar-refractivity contribution in [2.75, 3.05) is 5.75 Å². The zero-order valence-corrected chi connectivity index (χ0v) is 15.7. The van der Waals surface area contributed by atoms with E-state index in [1.165, 1.54) is 30.7 Å². The Kier molecular flexibility index (Phi) is 5.76. The third-order valence-corrected chi connectivity index (χ3v) is 7.28. The van der Waals surface area contributed by atoms with Crippen molar-refractivity contribution in [3.63, 3.8) is 0 Å². The molecule has 0 bridgehead atoms. The first-order chi connectivity index (χ1) is 12.4. The number of hydrogen-bond donors (Lipinski definition) is 0. The van der Waals surface area contributed by atoms with E-state index in [2.05, 4.69) is 6.92 Å². The van der Waals surface area contributed by atoms with E-state index in [1.54, 1.807) is 12.1 Å². The van der Waals surface area contributed by atoms with Gasteiger partial charge in [0.15, 0.2) is 9.84 Å². The number of sulfone groups is 1. The lowest BCUT2D eigenvalue weighted by molar-refractivity contribution is 0.278. The lowest BCUT2D eigenvalue weighted by Crippen LogP contribution is -2.23. The Hall–Kier alpha value is -1.75. The summed E-state index contributed by atoms with van der Waals surface area (Å²) >= 11 is 0. The predicted octanol–water partition coefficient (Wildman–Crippen LogP) is 5.62. The van der Waals surface area contributed by atoms with Crippen molar-refractivity contribution in [2.45, 2.75) is 43.9 Å². The molecular formula is C21H24F2O2S. The molecule has 3 rings (SSSR count). The zero-order chi connectivity index (χ0) is 18.7. The quantitative estimate of drug-likeness (QED) is 0.676. The second kappa shape index (κ2) is 7.87. The Bertz CT molecular complexity index is 860. The van der Waals surface area contributed by atoms with Gasteiger partial charge in [-0.1, -0.05) is 38.3 Å². The Balaban J connectivity index is 1.76. The monoisotopic (exact) mass is 378 g/mol. The number of rotatable bonds is 5. The highest BCUT2D eigenvalue weighted by molar-refractivity contribution is 7.91. The van der Waals surface area contributed by atoms with Gasteiger partial charge in [-0.05, 0) is 54.5 Å². The largest absolute Gasteiger partial charge is 0.224 e. The number of hydrogen-bond acceptors (Lipinski definition) is 2. The topological polar surface area (TPSA) is 34.1 Å². The summed E-state index contributed by atoms with van der Waals surface area (Å²) in [7, 11) is -3.36. The molecule has 2 aromatic carbocycles. The summed E-state index contributed by atoms with van der Waals surface area (Å²) in [5.41, 5.74) is 0.790. The molecule has 2 nitrogen and oxygen atoms in total. The molecule has 5 heteroatoms. The minimum Gasteiger partial charge on any atom is -0.224 e. The Morgan fingerprint density at radius 3 is 2.35 bits per heavy atom. The van der Waals surface area contributed by atoms with Gasteiger partial charge in [0.2, 0.25) is 0 Å². The molecule has 0 spiro atoms. The van der Waals surface area contributed by atoms with Gasteiger partial charge in [0.05, 0.1) is 10.6 Å². The Morgan fingerprint density at radius 1 is 1.00 bits per heavy atom. The minimum absolute atomic E-state index is 0.174. The Morgan fingerprint density at radius 2 is 1.69 bits per heavy atom. The van der Waals surface area contributed by atoms with Crippen LogP contribution >= 0.6 is 0 Å². The highest BCUT2D eigenvalue weighted by Crippen LogP contribution is 2.33. The second-order valence-corrected chi connectivity index (χ2v) is 9.27. The fraction of sp³-hybridized carbons (Fsp3) is 0.429. The highest BCUT2D eigenvalue weighted by Gasteiger charge is 2.26. The molecule has 0 heterocycles. The average molecular weight is 378 g/mol. The maximum absolute atomic E-state index is 13.9. The van der Waals surface area contributed by atoms with Crippen LogP contribution in [0.3, 0.4) is 0 Å². The molecule has 0 radical (unpaired) electrons. The molecule has 2 unspecified atom stereocenters. The maximum atomic E-state index is 13.9. The Labute approximate surface area is 154 Å². The first-order valence-electron chi connectivity index (χ1n) is 9.17. The van der Waals surface area contributed by atoms with Crippen LogP contribution in [0, 0.1) is 23.5 Å². The highest BCUT2D eigenvalue weighted by atomic mass is 32.2. The summed E-state index contributed by atoms with van der Waals surface area (Å²) < 4.78 is 52.4. The molecule has 0 amide bonds. The fourth-order valence-electron chi connectivity index (χ4n) is 3.90. The van der Waals surface area contributed by atoms with Gasteiger partial charge in [0.25, 0.3) is 0 Å². The molecule has 1 saturated carbocycles. The van der Waals surface area contributed by atoms with Crippen LogP contribution in [0.4, 0.5) is 8.78 Å². The molecule has 140 valence electrons. The second-order valence-electron chi connectivity index (χ2n) is 7.24. The van der Waals surface area contributed by atoms with E-state index >= 15 is 0 Å². The van der Waals surface area contributed by atoms with E-state index < -0.39 is 21.5 Å². The van der Waals surface area contributed by atoms with Gasteiger partial charge in [0, 0.05) is 11.6 Å². The summed E-state index contributed by atoms with van der Waals surface area (Å²) in [6.07, 6.45) is 5.35. The fourth-order valence-corrected chi connectivity index (χ4v) is 5.56. The molecular weight excluding hydrogens is 354 g/mol. The van der Waals surface area contributed by atoms with Gasteiger partial charge >= 0.3 is 0 Å². The molecule has 1 aliphatic rings. The summed E-state index contributed by atoms with van der Waals surface area (Å²) in [5.74, 6) is -0.272. The normalized spacial score (nSPS) is 20.9. The van der Waals surface area contributed by atoms with Gasteiger partial charge in [0.1, 0.15) is 11.6 Å². The molecule has 1 fully saturated rings. The SMILES string of the molecule is CCC1CCCC(CS(=O)(=O)c2ccc(-c3ccc(F)cc3F)cc2)C1. The molecule has 0 N–H and O–H groups in total. The lowest BCUT2D eigenvalue weighted by Gasteiger charge is -2.28. The first-order valence-corrected chi connectivity index (χ1v) is 10.8. The van der Waals surface area contributed by atoms with Crippen molar-refractivity contribution in [3.8, 4) is 11.1 Å². The van der Waals surface area contributed by atoms with Crippen LogP contribution in [0.15, 0.2) is 47.4 Å². The van der Waals surface area contributed by atoms with Crippen LogP contribution in [-0.2, 0) is 9.84 Å². The van der Waals surface area contributed by atoms with Crippen LogP contribution < -0.4 is 0 Å². The number of halogens is 2. The van der Waals surface area contributed by atoms with Crippen LogP contribution in [-0.4, -0.2) is 14.2 Å². The van der Waals surface area contributed by atoms with Crippen molar-refractivity contribution >= 4 is 9.84 Å². The van der Waals surface area contributed by atoms with Crippen LogP contribution in [0.2, 0.25) is 0 Å². The van der Waals surface area contributed by atoms with Gasteiger partial charge in [-0.15, -0.1) is 0 Å². The standard InChI is InChI=1S/C21H24F2O2S/c1-2-15-4-3-5-16(12-15)14-26(24,25)19-9-6-17(7-10-19)20-11-8-18(22)13-21(20)23/h6-11,13,15-16H,2-5,12,14H2,1H3. The average Bonchev–Trinajstić information content (AvgIpc) is 2.62. The summed E-state index contributed by atoms with van der Waals surface area (Å²) in [4.78, 5) is 0.266. The van der Waals surface area contributed by atoms with Crippen molar-refractivity contribution in [1.82, 2.24) is 0 Å². The molecule has 0 saturated heterocycles. The van der Waals surface area contributed by atoms with Gasteiger partial charge in [-0.25, -0.2) is 17.2 Å². The molecule has 2 atom stereocenters. The van der Waals surface area contributed by atoms with Crippen molar-refractivity contribution in [3.05, 3.63) is 54.1 Å². The third-order valence-electron chi connectivity index (χ3n) is 5.38. The summed E-state index contributed by atoms with van der Waals surface area (Å²) in [6.45, 7) is 2.16. The first kappa shape index (κ1) is 19.0. The lowest BCUT2D eigenvalue weighted by atomic mass is 9.81. The van der Waals surface area contributed by atoms with Gasteiger partial charge in [-0.2, -0.15) is 0 Å². The minimum atomic E-state index is -3.36. The van der Waals surface area contributed by atoms with Crippen molar-refractivity contribution in [1.29, 1.82) is 0 Å². The molecule has 2 aromatic rings. The zero-order valence-electron chi connectivity index (χ0n) is 14.9. The third kappa shape index (κ3) is 4.32. The predicted molar refractivity (Wildman–Crippen MR) is 99.6 cm³/mol. The van der Waals surface area contributed by atoms with Gasteiger partial charge < -0.3 is 0 Å². The molecule has 0 aromatic heterocycles. The smallest absolute Gasteiger partial charge is 0.178 e. The van der Waals surface area contributed by atoms with Crippen LogP contribution in [0.1, 0.15) is 39.0 Å². The molecule has 26 heavy (non-hydrogen) atoms. The summed E-state index contributed by atoms with van der Waals surface area (Å²) in [6, 6.07) is 9.59. The van der Waals surface area contributed by atoms with Crippen molar-refractivity contribution < 1.29 is 17.2 Å². The number of benzene rings is 2. The summed E-state index contributed by atoms with van der Waals surface area (Å²) in [5, 5.41) is 0.